The van der Waals surface area contributed by atoms with Crippen molar-refractivity contribution in [1.82, 2.24) is 0 Å². The van der Waals surface area contributed by atoms with Crippen molar-refractivity contribution in [2.45, 2.75) is 33.3 Å². The third-order valence-electron chi connectivity index (χ3n) is 2.36. The molecule has 0 spiro atoms. The van der Waals surface area contributed by atoms with Crippen LogP contribution in [0.3, 0.4) is 0 Å². The molecule has 0 aromatic heterocycles. The van der Waals surface area contributed by atoms with E-state index in [9.17, 15) is 4.79 Å². The maximum atomic E-state index is 11.2. The maximum Gasteiger partial charge on any atom is 0.311 e. The molecule has 0 saturated heterocycles. The van der Waals surface area contributed by atoms with Gasteiger partial charge in [-0.1, -0.05) is 19.9 Å². The molecule has 0 aliphatic heterocycles. The van der Waals surface area contributed by atoms with Crippen molar-refractivity contribution in [1.29, 1.82) is 0 Å². The van der Waals surface area contributed by atoms with Crippen molar-refractivity contribution in [2.24, 2.45) is 0 Å². The van der Waals surface area contributed by atoms with Crippen LogP contribution in [0.2, 0.25) is 0 Å². The van der Waals surface area contributed by atoms with Gasteiger partial charge in [0.15, 0.2) is 11.5 Å². The molecular formula is C14H20O4. The summed E-state index contributed by atoms with van der Waals surface area (Å²) in [6.45, 7) is 5.08. The van der Waals surface area contributed by atoms with Gasteiger partial charge in [0.25, 0.3) is 0 Å². The van der Waals surface area contributed by atoms with E-state index in [0.29, 0.717) is 24.5 Å². The predicted octanol–water partition coefficient (Wildman–Crippen LogP) is 2.94. The Balaban J connectivity index is 2.73. The largest absolute Gasteiger partial charge is 0.493 e. The highest BCUT2D eigenvalue weighted by molar-refractivity contribution is 5.72. The van der Waals surface area contributed by atoms with Crippen LogP contribution in [0.1, 0.15) is 32.3 Å². The molecule has 100 valence electrons. The van der Waals surface area contributed by atoms with Crippen LogP contribution in [-0.4, -0.2) is 19.7 Å². The first kappa shape index (κ1) is 14.5. The maximum absolute atomic E-state index is 11.2. The van der Waals surface area contributed by atoms with Crippen LogP contribution in [0.25, 0.3) is 0 Å². The molecule has 0 aliphatic carbocycles. The lowest BCUT2D eigenvalue weighted by molar-refractivity contribution is -0.134. The standard InChI is InChI=1S/C14H20O4/c1-4-8-17-10-11-6-7-12(13(9-11)16-3)18-14(15)5-2/h6-7,9H,4-5,8,10H2,1-3H3. The number of methoxy groups -OCH3 is 1. The molecule has 0 saturated carbocycles. The smallest absolute Gasteiger partial charge is 0.311 e. The van der Waals surface area contributed by atoms with E-state index in [2.05, 4.69) is 6.92 Å². The van der Waals surface area contributed by atoms with Gasteiger partial charge in [0.1, 0.15) is 0 Å². The number of carbonyl (C=O) groups is 1. The highest BCUT2D eigenvalue weighted by Crippen LogP contribution is 2.28. The van der Waals surface area contributed by atoms with Gasteiger partial charge in [0, 0.05) is 13.0 Å². The van der Waals surface area contributed by atoms with Gasteiger partial charge in [-0.3, -0.25) is 4.79 Å². The summed E-state index contributed by atoms with van der Waals surface area (Å²) in [4.78, 5) is 11.2. The monoisotopic (exact) mass is 252 g/mol. The van der Waals surface area contributed by atoms with Crippen molar-refractivity contribution < 1.29 is 19.0 Å². The molecule has 0 atom stereocenters. The third-order valence-corrected chi connectivity index (χ3v) is 2.36. The fourth-order valence-corrected chi connectivity index (χ4v) is 1.42. The zero-order chi connectivity index (χ0) is 13.4. The molecule has 0 unspecified atom stereocenters. The molecule has 0 N–H and O–H groups in total. The fraction of sp³-hybridized carbons (Fsp3) is 0.500. The van der Waals surface area contributed by atoms with Crippen LogP contribution < -0.4 is 9.47 Å². The van der Waals surface area contributed by atoms with Gasteiger partial charge in [-0.15, -0.1) is 0 Å². The normalized spacial score (nSPS) is 10.2. The van der Waals surface area contributed by atoms with Crippen LogP contribution in [0.15, 0.2) is 18.2 Å². The summed E-state index contributed by atoms with van der Waals surface area (Å²) in [6.07, 6.45) is 1.33. The molecule has 4 heteroatoms. The Hall–Kier alpha value is -1.55. The molecular weight excluding hydrogens is 232 g/mol. The molecule has 1 aromatic carbocycles. The van der Waals surface area contributed by atoms with E-state index in [-0.39, 0.29) is 5.97 Å². The van der Waals surface area contributed by atoms with Crippen molar-refractivity contribution in [3.63, 3.8) is 0 Å². The Morgan fingerprint density at radius 2 is 2.00 bits per heavy atom. The van der Waals surface area contributed by atoms with Gasteiger partial charge >= 0.3 is 5.97 Å². The zero-order valence-corrected chi connectivity index (χ0v) is 11.2. The third kappa shape index (κ3) is 4.37. The molecule has 0 heterocycles. The first-order valence-electron chi connectivity index (χ1n) is 6.16. The minimum Gasteiger partial charge on any atom is -0.493 e. The van der Waals surface area contributed by atoms with E-state index >= 15 is 0 Å². The van der Waals surface area contributed by atoms with Crippen molar-refractivity contribution in [3.8, 4) is 11.5 Å². The number of carbonyl (C=O) groups excluding carboxylic acids is 1. The second kappa shape index (κ2) is 7.71. The number of hydrogen-bond donors (Lipinski definition) is 0. The quantitative estimate of drug-likeness (QED) is 0.425. The first-order valence-corrected chi connectivity index (χ1v) is 6.16. The number of hydrogen-bond acceptors (Lipinski definition) is 4. The molecule has 0 bridgehead atoms. The zero-order valence-electron chi connectivity index (χ0n) is 11.2. The molecule has 0 fully saturated rings. The van der Waals surface area contributed by atoms with Gasteiger partial charge in [-0.2, -0.15) is 0 Å². The summed E-state index contributed by atoms with van der Waals surface area (Å²) < 4.78 is 15.8. The SMILES string of the molecule is CCCOCc1ccc(OC(=O)CC)c(OC)c1. The van der Waals surface area contributed by atoms with Crippen molar-refractivity contribution in [2.75, 3.05) is 13.7 Å². The summed E-state index contributed by atoms with van der Waals surface area (Å²) in [5.41, 5.74) is 0.997. The number of esters is 1. The molecule has 1 rings (SSSR count). The molecule has 1 aromatic rings. The van der Waals surface area contributed by atoms with E-state index in [1.165, 1.54) is 0 Å². The fourth-order valence-electron chi connectivity index (χ4n) is 1.42. The Kier molecular flexibility index (Phi) is 6.22. The van der Waals surface area contributed by atoms with Crippen LogP contribution in [0.5, 0.6) is 11.5 Å². The predicted molar refractivity (Wildman–Crippen MR) is 68.9 cm³/mol. The molecule has 18 heavy (non-hydrogen) atoms. The Labute approximate surface area is 108 Å². The minimum atomic E-state index is -0.275. The molecule has 0 radical (unpaired) electrons. The topological polar surface area (TPSA) is 44.8 Å². The van der Waals surface area contributed by atoms with Gasteiger partial charge < -0.3 is 14.2 Å². The van der Waals surface area contributed by atoms with Crippen molar-refractivity contribution in [3.05, 3.63) is 23.8 Å². The Bertz CT molecular complexity index is 387. The van der Waals surface area contributed by atoms with Gasteiger partial charge in [-0.05, 0) is 24.1 Å². The van der Waals surface area contributed by atoms with Crippen molar-refractivity contribution >= 4 is 5.97 Å². The molecule has 0 aliphatic rings. The Morgan fingerprint density at radius 1 is 1.22 bits per heavy atom. The summed E-state index contributed by atoms with van der Waals surface area (Å²) in [7, 11) is 1.55. The molecule has 0 amide bonds. The Morgan fingerprint density at radius 3 is 2.61 bits per heavy atom. The van der Waals surface area contributed by atoms with Crippen LogP contribution >= 0.6 is 0 Å². The van der Waals surface area contributed by atoms with E-state index in [1.54, 1.807) is 20.1 Å². The highest BCUT2D eigenvalue weighted by Gasteiger charge is 2.09. The minimum absolute atomic E-state index is 0.275. The number of ether oxygens (including phenoxy) is 3. The van der Waals surface area contributed by atoms with Crippen LogP contribution in [0.4, 0.5) is 0 Å². The lowest BCUT2D eigenvalue weighted by Crippen LogP contribution is -2.07. The van der Waals surface area contributed by atoms with E-state index < -0.39 is 0 Å². The average Bonchev–Trinajstić information content (AvgIpc) is 2.40. The lowest BCUT2D eigenvalue weighted by Gasteiger charge is -2.10. The summed E-state index contributed by atoms with van der Waals surface area (Å²) in [5, 5.41) is 0. The number of rotatable bonds is 7. The highest BCUT2D eigenvalue weighted by atomic mass is 16.6. The summed E-state index contributed by atoms with van der Waals surface area (Å²) in [6, 6.07) is 5.43. The lowest BCUT2D eigenvalue weighted by atomic mass is 10.2. The van der Waals surface area contributed by atoms with Gasteiger partial charge in [0.05, 0.1) is 13.7 Å². The molecule has 4 nitrogen and oxygen atoms in total. The second-order valence-electron chi connectivity index (χ2n) is 3.87. The summed E-state index contributed by atoms with van der Waals surface area (Å²) >= 11 is 0. The van der Waals surface area contributed by atoms with E-state index in [1.807, 2.05) is 12.1 Å². The van der Waals surface area contributed by atoms with Crippen LogP contribution in [0, 0.1) is 0 Å². The number of benzene rings is 1. The second-order valence-corrected chi connectivity index (χ2v) is 3.87. The van der Waals surface area contributed by atoms with E-state index in [0.717, 1.165) is 18.6 Å². The summed E-state index contributed by atoms with van der Waals surface area (Å²) in [5.74, 6) is 0.723. The van der Waals surface area contributed by atoms with Gasteiger partial charge in [0.2, 0.25) is 0 Å². The van der Waals surface area contributed by atoms with Crippen LogP contribution in [-0.2, 0) is 16.1 Å². The van der Waals surface area contributed by atoms with E-state index in [4.69, 9.17) is 14.2 Å². The van der Waals surface area contributed by atoms with Gasteiger partial charge in [-0.25, -0.2) is 0 Å². The average molecular weight is 252 g/mol. The first-order chi connectivity index (χ1) is 8.71.